The Bertz CT molecular complexity index is 282. The van der Waals surface area contributed by atoms with Crippen molar-refractivity contribution in [1.82, 2.24) is 0 Å². The number of esters is 1. The van der Waals surface area contributed by atoms with Crippen LogP contribution in [0.2, 0.25) is 0 Å². The van der Waals surface area contributed by atoms with Gasteiger partial charge in [0.15, 0.2) is 0 Å². The molecule has 2 heteroatoms. The minimum absolute atomic E-state index is 0.0997. The number of carbonyl (C=O) groups excluding carboxylic acids is 1. The highest BCUT2D eigenvalue weighted by atomic mass is 16.5. The molecule has 0 saturated heterocycles. The molecule has 0 aromatic heterocycles. The predicted octanol–water partition coefficient (Wildman–Crippen LogP) is 6.81. The van der Waals surface area contributed by atoms with Crippen LogP contribution >= 0.6 is 0 Å². The lowest BCUT2D eigenvalue weighted by Crippen LogP contribution is -2.26. The van der Waals surface area contributed by atoms with Crippen molar-refractivity contribution in [1.29, 1.82) is 0 Å². The van der Waals surface area contributed by atoms with Gasteiger partial charge in [0.2, 0.25) is 0 Å². The molecule has 23 heavy (non-hydrogen) atoms. The Morgan fingerprint density at radius 1 is 0.826 bits per heavy atom. The second-order valence-corrected chi connectivity index (χ2v) is 7.45. The van der Waals surface area contributed by atoms with Crippen molar-refractivity contribution in [3.8, 4) is 0 Å². The van der Waals surface area contributed by atoms with E-state index in [4.69, 9.17) is 4.74 Å². The van der Waals surface area contributed by atoms with Crippen LogP contribution in [-0.4, -0.2) is 12.1 Å². The van der Waals surface area contributed by atoms with Crippen LogP contribution in [0.15, 0.2) is 0 Å². The molecule has 0 bridgehead atoms. The van der Waals surface area contributed by atoms with Crippen molar-refractivity contribution >= 4 is 5.97 Å². The smallest absolute Gasteiger partial charge is 0.309 e. The average molecular weight is 325 g/mol. The van der Waals surface area contributed by atoms with Crippen LogP contribution in [0.5, 0.6) is 0 Å². The van der Waals surface area contributed by atoms with E-state index in [0.717, 1.165) is 32.1 Å². The SMILES string of the molecule is CCCCCCCCCCC(CCC)OC(=O)C1CCCCC1. The quantitative estimate of drug-likeness (QED) is 0.275. The topological polar surface area (TPSA) is 26.3 Å². The van der Waals surface area contributed by atoms with Crippen molar-refractivity contribution in [2.45, 2.75) is 123 Å². The Morgan fingerprint density at radius 2 is 1.43 bits per heavy atom. The molecule has 1 aliphatic rings. The van der Waals surface area contributed by atoms with E-state index in [1.54, 1.807) is 0 Å². The summed E-state index contributed by atoms with van der Waals surface area (Å²) >= 11 is 0. The molecule has 1 atom stereocenters. The minimum atomic E-state index is 0.0997. The largest absolute Gasteiger partial charge is 0.462 e. The maximum Gasteiger partial charge on any atom is 0.309 e. The first-order valence-electron chi connectivity index (χ1n) is 10.5. The van der Waals surface area contributed by atoms with Gasteiger partial charge in [-0.3, -0.25) is 4.79 Å². The summed E-state index contributed by atoms with van der Waals surface area (Å²) in [5, 5.41) is 0. The molecule has 1 rings (SSSR count). The fourth-order valence-electron chi connectivity index (χ4n) is 3.69. The molecule has 0 N–H and O–H groups in total. The summed E-state index contributed by atoms with van der Waals surface area (Å²) in [7, 11) is 0. The van der Waals surface area contributed by atoms with Gasteiger partial charge in [-0.15, -0.1) is 0 Å². The highest BCUT2D eigenvalue weighted by molar-refractivity contribution is 5.72. The molecule has 136 valence electrons. The van der Waals surface area contributed by atoms with Crippen molar-refractivity contribution in [2.24, 2.45) is 5.92 Å². The number of ether oxygens (including phenoxy) is 1. The summed E-state index contributed by atoms with van der Waals surface area (Å²) in [5.41, 5.74) is 0. The van der Waals surface area contributed by atoms with Crippen LogP contribution < -0.4 is 0 Å². The van der Waals surface area contributed by atoms with Gasteiger partial charge in [-0.1, -0.05) is 84.5 Å². The van der Waals surface area contributed by atoms with Gasteiger partial charge in [-0.2, -0.15) is 0 Å². The minimum Gasteiger partial charge on any atom is -0.462 e. The van der Waals surface area contributed by atoms with Crippen molar-refractivity contribution in [2.75, 3.05) is 0 Å². The average Bonchev–Trinajstić information content (AvgIpc) is 2.58. The summed E-state index contributed by atoms with van der Waals surface area (Å²) < 4.78 is 5.85. The molecule has 0 spiro atoms. The number of carbonyl (C=O) groups is 1. The summed E-state index contributed by atoms with van der Waals surface area (Å²) in [6, 6.07) is 0. The Kier molecular flexibility index (Phi) is 12.4. The van der Waals surface area contributed by atoms with Gasteiger partial charge in [0, 0.05) is 0 Å². The molecule has 0 heterocycles. The van der Waals surface area contributed by atoms with Crippen molar-refractivity contribution in [3.05, 3.63) is 0 Å². The second-order valence-electron chi connectivity index (χ2n) is 7.45. The van der Waals surface area contributed by atoms with E-state index in [2.05, 4.69) is 13.8 Å². The van der Waals surface area contributed by atoms with E-state index in [1.807, 2.05) is 0 Å². The summed E-state index contributed by atoms with van der Waals surface area (Å²) in [4.78, 5) is 12.3. The Balaban J connectivity index is 2.12. The predicted molar refractivity (Wildman–Crippen MR) is 98.6 cm³/mol. The maximum atomic E-state index is 12.3. The zero-order chi connectivity index (χ0) is 16.8. The van der Waals surface area contributed by atoms with Gasteiger partial charge >= 0.3 is 5.97 Å². The molecule has 0 radical (unpaired) electrons. The fourth-order valence-corrected chi connectivity index (χ4v) is 3.69. The first kappa shape index (κ1) is 20.5. The highest BCUT2D eigenvalue weighted by Crippen LogP contribution is 2.26. The normalized spacial score (nSPS) is 17.1. The fraction of sp³-hybridized carbons (Fsp3) is 0.952. The third kappa shape index (κ3) is 10.0. The first-order chi connectivity index (χ1) is 11.3. The second kappa shape index (κ2) is 13.9. The number of hydrogen-bond acceptors (Lipinski definition) is 2. The molecule has 1 unspecified atom stereocenters. The van der Waals surface area contributed by atoms with Crippen LogP contribution in [0.4, 0.5) is 0 Å². The third-order valence-corrected chi connectivity index (χ3v) is 5.21. The molecule has 0 aromatic carbocycles. The Hall–Kier alpha value is -0.530. The summed E-state index contributed by atoms with van der Waals surface area (Å²) in [6.45, 7) is 4.46. The first-order valence-corrected chi connectivity index (χ1v) is 10.5. The Labute approximate surface area is 144 Å². The van der Waals surface area contributed by atoms with Crippen LogP contribution in [-0.2, 0) is 9.53 Å². The highest BCUT2D eigenvalue weighted by Gasteiger charge is 2.24. The van der Waals surface area contributed by atoms with E-state index in [0.29, 0.717) is 0 Å². The molecule has 0 amide bonds. The van der Waals surface area contributed by atoms with Crippen LogP contribution in [0.3, 0.4) is 0 Å². The molecule has 1 fully saturated rings. The molecule has 2 nitrogen and oxygen atoms in total. The lowest BCUT2D eigenvalue weighted by atomic mass is 9.89. The van der Waals surface area contributed by atoms with Crippen LogP contribution in [0.1, 0.15) is 117 Å². The Morgan fingerprint density at radius 3 is 2.04 bits per heavy atom. The molecule has 1 saturated carbocycles. The third-order valence-electron chi connectivity index (χ3n) is 5.21. The number of unbranched alkanes of at least 4 members (excludes halogenated alkanes) is 7. The van der Waals surface area contributed by atoms with E-state index in [-0.39, 0.29) is 18.0 Å². The van der Waals surface area contributed by atoms with E-state index < -0.39 is 0 Å². The lowest BCUT2D eigenvalue weighted by molar-refractivity contribution is -0.156. The van der Waals surface area contributed by atoms with Crippen LogP contribution in [0.25, 0.3) is 0 Å². The number of rotatable bonds is 13. The van der Waals surface area contributed by atoms with Crippen molar-refractivity contribution in [3.63, 3.8) is 0 Å². The van der Waals surface area contributed by atoms with E-state index >= 15 is 0 Å². The molecule has 1 aliphatic carbocycles. The lowest BCUT2D eigenvalue weighted by Gasteiger charge is -2.24. The standard InChI is InChI=1S/C21H40O2/c1-3-5-6-7-8-9-10-14-18-20(15-4-2)23-21(22)19-16-12-11-13-17-19/h19-20H,3-18H2,1-2H3. The van der Waals surface area contributed by atoms with Gasteiger partial charge in [0.05, 0.1) is 5.92 Å². The zero-order valence-electron chi connectivity index (χ0n) is 15.8. The van der Waals surface area contributed by atoms with E-state index in [1.165, 1.54) is 70.6 Å². The van der Waals surface area contributed by atoms with E-state index in [9.17, 15) is 4.79 Å². The van der Waals surface area contributed by atoms with Gasteiger partial charge in [0.1, 0.15) is 6.10 Å². The maximum absolute atomic E-state index is 12.3. The summed E-state index contributed by atoms with van der Waals surface area (Å²) in [6.07, 6.45) is 19.9. The van der Waals surface area contributed by atoms with Crippen LogP contribution in [0, 0.1) is 5.92 Å². The van der Waals surface area contributed by atoms with Gasteiger partial charge in [-0.05, 0) is 32.1 Å². The molecular formula is C21H40O2. The molecular weight excluding hydrogens is 284 g/mol. The van der Waals surface area contributed by atoms with Crippen molar-refractivity contribution < 1.29 is 9.53 Å². The number of hydrogen-bond donors (Lipinski definition) is 0. The molecule has 0 aliphatic heterocycles. The summed E-state index contributed by atoms with van der Waals surface area (Å²) in [5.74, 6) is 0.296. The van der Waals surface area contributed by atoms with Gasteiger partial charge in [-0.25, -0.2) is 0 Å². The zero-order valence-corrected chi connectivity index (χ0v) is 15.8. The van der Waals surface area contributed by atoms with Gasteiger partial charge in [0.25, 0.3) is 0 Å². The monoisotopic (exact) mass is 324 g/mol. The molecule has 0 aromatic rings. The van der Waals surface area contributed by atoms with Gasteiger partial charge < -0.3 is 4.74 Å².